The molecule has 1 N–H and O–H groups in total. The SMILES string of the molecule is CC1=C(c2nc(-c3cccs3)no2)C(c2ccccc2)NC(=S)N1Cc1cccc(Cl)c1. The quantitative estimate of drug-likeness (QED) is 0.339. The molecule has 2 aromatic heterocycles. The first-order valence-electron chi connectivity index (χ1n) is 10.1. The number of benzene rings is 2. The maximum atomic E-state index is 6.20. The Hall–Kier alpha value is -3.00. The molecule has 8 heteroatoms. The van der Waals surface area contributed by atoms with Gasteiger partial charge in [0.1, 0.15) is 0 Å². The molecule has 0 saturated carbocycles. The van der Waals surface area contributed by atoms with Gasteiger partial charge in [0.05, 0.1) is 23.0 Å². The first kappa shape index (κ1) is 20.9. The second-order valence-corrected chi connectivity index (χ2v) is 9.18. The molecule has 160 valence electrons. The van der Waals surface area contributed by atoms with Crippen LogP contribution in [0.15, 0.2) is 82.3 Å². The lowest BCUT2D eigenvalue weighted by atomic mass is 9.94. The van der Waals surface area contributed by atoms with E-state index >= 15 is 0 Å². The van der Waals surface area contributed by atoms with Gasteiger partial charge in [-0.3, -0.25) is 0 Å². The summed E-state index contributed by atoms with van der Waals surface area (Å²) in [6.07, 6.45) is 0. The van der Waals surface area contributed by atoms with Gasteiger partial charge >= 0.3 is 0 Å². The van der Waals surface area contributed by atoms with Crippen LogP contribution >= 0.6 is 35.2 Å². The normalized spacial score (nSPS) is 16.4. The van der Waals surface area contributed by atoms with E-state index in [0.717, 1.165) is 27.3 Å². The first-order valence-corrected chi connectivity index (χ1v) is 11.7. The van der Waals surface area contributed by atoms with Gasteiger partial charge in [-0.15, -0.1) is 11.3 Å². The van der Waals surface area contributed by atoms with Crippen LogP contribution in [-0.4, -0.2) is 20.2 Å². The average Bonchev–Trinajstić information content (AvgIpc) is 3.49. The van der Waals surface area contributed by atoms with Crippen LogP contribution in [0.2, 0.25) is 5.02 Å². The van der Waals surface area contributed by atoms with Gasteiger partial charge in [-0.05, 0) is 53.8 Å². The van der Waals surface area contributed by atoms with Crippen molar-refractivity contribution in [3.8, 4) is 10.7 Å². The molecule has 0 aliphatic carbocycles. The standard InChI is InChI=1S/C24H19ClN4OS2/c1-15-20(23-27-22(28-30-23)19-11-6-12-32-19)21(17-8-3-2-4-9-17)26-24(31)29(15)14-16-7-5-10-18(25)13-16/h2-13,21H,14H2,1H3,(H,26,31). The minimum atomic E-state index is -0.198. The largest absolute Gasteiger partial charge is 0.351 e. The topological polar surface area (TPSA) is 54.2 Å². The van der Waals surface area contributed by atoms with Crippen molar-refractivity contribution in [2.24, 2.45) is 0 Å². The summed E-state index contributed by atoms with van der Waals surface area (Å²) >= 11 is 13.6. The van der Waals surface area contributed by atoms with Gasteiger partial charge < -0.3 is 14.7 Å². The number of rotatable bonds is 5. The molecule has 3 heterocycles. The Morgan fingerprint density at radius 3 is 2.72 bits per heavy atom. The van der Waals surface area contributed by atoms with Crippen molar-refractivity contribution in [1.29, 1.82) is 0 Å². The van der Waals surface area contributed by atoms with Crippen molar-refractivity contribution in [3.05, 3.63) is 99.8 Å². The van der Waals surface area contributed by atoms with Crippen LogP contribution in [0.3, 0.4) is 0 Å². The third kappa shape index (κ3) is 4.07. The zero-order valence-corrected chi connectivity index (χ0v) is 19.5. The number of nitrogens with zero attached hydrogens (tertiary/aromatic N) is 3. The summed E-state index contributed by atoms with van der Waals surface area (Å²) in [5.41, 5.74) is 4.00. The number of hydrogen-bond acceptors (Lipinski definition) is 5. The summed E-state index contributed by atoms with van der Waals surface area (Å²) in [7, 11) is 0. The monoisotopic (exact) mass is 478 g/mol. The molecule has 32 heavy (non-hydrogen) atoms. The van der Waals surface area contributed by atoms with Gasteiger partial charge in [-0.1, -0.05) is 65.3 Å². The van der Waals surface area contributed by atoms with Crippen LogP contribution in [0.4, 0.5) is 0 Å². The minimum absolute atomic E-state index is 0.198. The van der Waals surface area contributed by atoms with Crippen molar-refractivity contribution >= 4 is 45.8 Å². The Bertz CT molecular complexity index is 1280. The summed E-state index contributed by atoms with van der Waals surface area (Å²) in [5.74, 6) is 1.06. The number of thiocarbonyl (C=S) groups is 1. The number of hydrogen-bond donors (Lipinski definition) is 1. The molecule has 0 amide bonds. The van der Waals surface area contributed by atoms with E-state index in [9.17, 15) is 0 Å². The second kappa shape index (κ2) is 8.86. The summed E-state index contributed by atoms with van der Waals surface area (Å²) < 4.78 is 5.76. The lowest BCUT2D eigenvalue weighted by Crippen LogP contribution is -2.45. The molecule has 0 bridgehead atoms. The highest BCUT2D eigenvalue weighted by Gasteiger charge is 2.34. The fourth-order valence-corrected chi connectivity index (χ4v) is 4.98. The molecule has 0 saturated heterocycles. The summed E-state index contributed by atoms with van der Waals surface area (Å²) in [6.45, 7) is 2.62. The van der Waals surface area contributed by atoms with Crippen LogP contribution in [0.5, 0.6) is 0 Å². The Morgan fingerprint density at radius 2 is 1.97 bits per heavy atom. The maximum Gasteiger partial charge on any atom is 0.258 e. The number of halogens is 1. The van der Waals surface area contributed by atoms with Gasteiger partial charge in [0.2, 0.25) is 5.82 Å². The summed E-state index contributed by atoms with van der Waals surface area (Å²) in [6, 6.07) is 21.7. The van der Waals surface area contributed by atoms with E-state index in [0.29, 0.717) is 28.4 Å². The van der Waals surface area contributed by atoms with E-state index in [1.54, 1.807) is 11.3 Å². The van der Waals surface area contributed by atoms with E-state index in [2.05, 4.69) is 22.6 Å². The molecule has 0 fully saturated rings. The maximum absolute atomic E-state index is 6.20. The zero-order chi connectivity index (χ0) is 22.1. The molecular weight excluding hydrogens is 460 g/mol. The van der Waals surface area contributed by atoms with Gasteiger partial charge in [0, 0.05) is 10.7 Å². The van der Waals surface area contributed by atoms with E-state index in [1.165, 1.54) is 0 Å². The summed E-state index contributed by atoms with van der Waals surface area (Å²) in [4.78, 5) is 7.74. The van der Waals surface area contributed by atoms with Crippen LogP contribution in [0.1, 0.15) is 30.0 Å². The fourth-order valence-electron chi connectivity index (χ4n) is 3.80. The van der Waals surface area contributed by atoms with Gasteiger partial charge in [-0.2, -0.15) is 4.98 Å². The zero-order valence-electron chi connectivity index (χ0n) is 17.2. The van der Waals surface area contributed by atoms with Crippen molar-refractivity contribution in [2.75, 3.05) is 0 Å². The van der Waals surface area contributed by atoms with Crippen LogP contribution in [0, 0.1) is 0 Å². The second-order valence-electron chi connectivity index (χ2n) is 7.41. The third-order valence-corrected chi connectivity index (χ3v) is 6.80. The highest BCUT2D eigenvalue weighted by atomic mass is 35.5. The highest BCUT2D eigenvalue weighted by molar-refractivity contribution is 7.80. The molecule has 1 aliphatic rings. The van der Waals surface area contributed by atoms with Gasteiger partial charge in [0.25, 0.3) is 5.89 Å². The van der Waals surface area contributed by atoms with Crippen molar-refractivity contribution in [3.63, 3.8) is 0 Å². The number of thiophene rings is 1. The predicted molar refractivity (Wildman–Crippen MR) is 132 cm³/mol. The Morgan fingerprint density at radius 1 is 1.12 bits per heavy atom. The smallest absolute Gasteiger partial charge is 0.258 e. The van der Waals surface area contributed by atoms with Crippen molar-refractivity contribution < 1.29 is 4.52 Å². The van der Waals surface area contributed by atoms with E-state index < -0.39 is 0 Å². The number of aromatic nitrogens is 2. The molecule has 2 aromatic carbocycles. The predicted octanol–water partition coefficient (Wildman–Crippen LogP) is 6.31. The molecule has 1 aliphatic heterocycles. The van der Waals surface area contributed by atoms with Gasteiger partial charge in [-0.25, -0.2) is 0 Å². The van der Waals surface area contributed by atoms with Crippen LogP contribution < -0.4 is 5.32 Å². The van der Waals surface area contributed by atoms with Crippen LogP contribution in [-0.2, 0) is 6.54 Å². The highest BCUT2D eigenvalue weighted by Crippen LogP contribution is 2.38. The Labute approximate surface area is 200 Å². The van der Waals surface area contributed by atoms with Gasteiger partial charge in [0.15, 0.2) is 5.11 Å². The van der Waals surface area contributed by atoms with E-state index in [1.807, 2.05) is 71.8 Å². The fraction of sp³-hybridized carbons (Fsp3) is 0.125. The molecule has 1 atom stereocenters. The first-order chi connectivity index (χ1) is 15.6. The molecule has 5 rings (SSSR count). The molecule has 4 aromatic rings. The van der Waals surface area contributed by atoms with Crippen LogP contribution in [0.25, 0.3) is 16.3 Å². The molecule has 0 spiro atoms. The van der Waals surface area contributed by atoms with E-state index in [-0.39, 0.29) is 6.04 Å². The number of allylic oxidation sites excluding steroid dienone is 1. The van der Waals surface area contributed by atoms with E-state index in [4.69, 9.17) is 33.3 Å². The third-order valence-electron chi connectivity index (χ3n) is 5.36. The lowest BCUT2D eigenvalue weighted by Gasteiger charge is -2.37. The average molecular weight is 479 g/mol. The minimum Gasteiger partial charge on any atom is -0.351 e. The molecule has 5 nitrogen and oxygen atoms in total. The van der Waals surface area contributed by atoms with Crippen molar-refractivity contribution in [1.82, 2.24) is 20.4 Å². The number of nitrogens with one attached hydrogen (secondary N) is 1. The Kier molecular flexibility index (Phi) is 5.78. The lowest BCUT2D eigenvalue weighted by molar-refractivity contribution is 0.396. The Balaban J connectivity index is 1.60. The molecular formula is C24H19ClN4OS2. The molecule has 0 radical (unpaired) electrons. The summed E-state index contributed by atoms with van der Waals surface area (Å²) in [5, 5.41) is 11.0. The van der Waals surface area contributed by atoms with Crippen molar-refractivity contribution in [2.45, 2.75) is 19.5 Å². The molecule has 1 unspecified atom stereocenters.